The van der Waals surface area contributed by atoms with Crippen LogP contribution >= 0.6 is 0 Å². The normalized spacial score (nSPS) is 26.9. The number of hydrogen-bond donors (Lipinski definition) is 1. The van der Waals surface area contributed by atoms with E-state index in [1.807, 2.05) is 6.08 Å². The van der Waals surface area contributed by atoms with Crippen molar-refractivity contribution in [3.05, 3.63) is 46.5 Å². The zero-order valence-electron chi connectivity index (χ0n) is 12.2. The number of aliphatic carboxylic acids is 1. The highest BCUT2D eigenvalue weighted by Gasteiger charge is 2.39. The van der Waals surface area contributed by atoms with Crippen LogP contribution in [-0.2, 0) is 10.2 Å². The molecule has 0 saturated carbocycles. The SMILES string of the molecule is Cc1cc(C)cc([C@]2(C)C[C@@H](C)CC=C2C(=O)O)c1. The van der Waals surface area contributed by atoms with Crippen molar-refractivity contribution in [1.82, 2.24) is 0 Å². The standard InChI is InChI=1S/C17H22O2/c1-11-5-6-15(16(18)19)17(4,10-11)14-8-12(2)7-13(3)9-14/h6-9,11H,5,10H2,1-4H3,(H,18,19)/t11-,17-/m0/s1. The fourth-order valence-electron chi connectivity index (χ4n) is 3.32. The van der Waals surface area contributed by atoms with E-state index in [0.29, 0.717) is 11.5 Å². The molecule has 0 fully saturated rings. The van der Waals surface area contributed by atoms with E-state index in [-0.39, 0.29) is 5.41 Å². The maximum Gasteiger partial charge on any atom is 0.332 e. The molecule has 102 valence electrons. The minimum Gasteiger partial charge on any atom is -0.478 e. The van der Waals surface area contributed by atoms with Crippen LogP contribution in [0.3, 0.4) is 0 Å². The van der Waals surface area contributed by atoms with Crippen LogP contribution in [0.25, 0.3) is 0 Å². The molecule has 0 amide bonds. The second kappa shape index (κ2) is 4.84. The van der Waals surface area contributed by atoms with Crippen LogP contribution in [0.4, 0.5) is 0 Å². The fourth-order valence-corrected chi connectivity index (χ4v) is 3.32. The van der Waals surface area contributed by atoms with Gasteiger partial charge in [-0.15, -0.1) is 0 Å². The summed E-state index contributed by atoms with van der Waals surface area (Å²) in [6.07, 6.45) is 3.67. The lowest BCUT2D eigenvalue weighted by Crippen LogP contribution is -2.34. The van der Waals surface area contributed by atoms with Gasteiger partial charge in [0.25, 0.3) is 0 Å². The van der Waals surface area contributed by atoms with E-state index < -0.39 is 5.97 Å². The molecule has 19 heavy (non-hydrogen) atoms. The highest BCUT2D eigenvalue weighted by Crippen LogP contribution is 2.43. The van der Waals surface area contributed by atoms with Crippen LogP contribution in [0.2, 0.25) is 0 Å². The Morgan fingerprint density at radius 2 is 1.84 bits per heavy atom. The van der Waals surface area contributed by atoms with Crippen LogP contribution in [0.5, 0.6) is 0 Å². The Morgan fingerprint density at radius 3 is 2.37 bits per heavy atom. The summed E-state index contributed by atoms with van der Waals surface area (Å²) in [4.78, 5) is 11.6. The molecule has 1 aromatic rings. The van der Waals surface area contributed by atoms with Gasteiger partial charge in [0.15, 0.2) is 0 Å². The first-order valence-electron chi connectivity index (χ1n) is 6.85. The van der Waals surface area contributed by atoms with Gasteiger partial charge in [-0.1, -0.05) is 49.2 Å². The van der Waals surface area contributed by atoms with Gasteiger partial charge in [0.2, 0.25) is 0 Å². The molecule has 1 aliphatic carbocycles. The third-order valence-electron chi connectivity index (χ3n) is 4.16. The van der Waals surface area contributed by atoms with Gasteiger partial charge in [-0.2, -0.15) is 0 Å². The number of allylic oxidation sites excluding steroid dienone is 1. The summed E-state index contributed by atoms with van der Waals surface area (Å²) in [5, 5.41) is 9.49. The van der Waals surface area contributed by atoms with Crippen LogP contribution in [0.15, 0.2) is 29.8 Å². The molecule has 2 atom stereocenters. The molecule has 1 N–H and O–H groups in total. The van der Waals surface area contributed by atoms with Gasteiger partial charge in [-0.25, -0.2) is 4.79 Å². The Balaban J connectivity index is 2.57. The molecule has 2 heteroatoms. The summed E-state index contributed by atoms with van der Waals surface area (Å²) in [6.45, 7) is 8.39. The number of benzene rings is 1. The molecule has 0 radical (unpaired) electrons. The lowest BCUT2D eigenvalue weighted by molar-refractivity contribution is -0.133. The first kappa shape index (κ1) is 13.9. The highest BCUT2D eigenvalue weighted by atomic mass is 16.4. The second-order valence-corrected chi connectivity index (χ2v) is 6.18. The number of carbonyl (C=O) groups is 1. The number of aryl methyl sites for hydroxylation is 2. The third kappa shape index (κ3) is 2.58. The average molecular weight is 258 g/mol. The van der Waals surface area contributed by atoms with Crippen LogP contribution in [0.1, 0.15) is 43.4 Å². The smallest absolute Gasteiger partial charge is 0.332 e. The topological polar surface area (TPSA) is 37.3 Å². The minimum absolute atomic E-state index is 0.375. The molecule has 1 aromatic carbocycles. The van der Waals surface area contributed by atoms with Gasteiger partial charge in [0.05, 0.1) is 0 Å². The molecule has 1 aliphatic rings. The van der Waals surface area contributed by atoms with Crippen molar-refractivity contribution < 1.29 is 9.90 Å². The number of hydrogen-bond acceptors (Lipinski definition) is 1. The van der Waals surface area contributed by atoms with Crippen molar-refractivity contribution in [2.75, 3.05) is 0 Å². The lowest BCUT2D eigenvalue weighted by Gasteiger charge is -2.37. The predicted octanol–water partition coefficient (Wildman–Crippen LogP) is 4.00. The Labute approximate surface area is 115 Å². The Kier molecular flexibility index (Phi) is 3.53. The first-order valence-corrected chi connectivity index (χ1v) is 6.85. The summed E-state index contributed by atoms with van der Waals surface area (Å²) < 4.78 is 0. The fraction of sp³-hybridized carbons (Fsp3) is 0.471. The van der Waals surface area contributed by atoms with Gasteiger partial charge in [0, 0.05) is 11.0 Å². The number of rotatable bonds is 2. The molecule has 2 nitrogen and oxygen atoms in total. The van der Waals surface area contributed by atoms with Crippen molar-refractivity contribution in [1.29, 1.82) is 0 Å². The quantitative estimate of drug-likeness (QED) is 0.870. The molecular formula is C17H22O2. The van der Waals surface area contributed by atoms with E-state index in [2.05, 4.69) is 45.9 Å². The maximum atomic E-state index is 11.6. The van der Waals surface area contributed by atoms with Crippen molar-refractivity contribution >= 4 is 5.97 Å². The molecule has 0 spiro atoms. The highest BCUT2D eigenvalue weighted by molar-refractivity contribution is 5.90. The van der Waals surface area contributed by atoms with Gasteiger partial charge < -0.3 is 5.11 Å². The van der Waals surface area contributed by atoms with E-state index in [1.54, 1.807) is 0 Å². The summed E-state index contributed by atoms with van der Waals surface area (Å²) in [7, 11) is 0. The molecule has 0 saturated heterocycles. The summed E-state index contributed by atoms with van der Waals surface area (Å²) in [6, 6.07) is 6.38. The van der Waals surface area contributed by atoms with Gasteiger partial charge in [-0.3, -0.25) is 0 Å². The average Bonchev–Trinajstić information content (AvgIpc) is 2.26. The van der Waals surface area contributed by atoms with Crippen LogP contribution < -0.4 is 0 Å². The summed E-state index contributed by atoms with van der Waals surface area (Å²) in [5.41, 5.74) is 3.69. The van der Waals surface area contributed by atoms with E-state index in [0.717, 1.165) is 18.4 Å². The summed E-state index contributed by atoms with van der Waals surface area (Å²) in [5.74, 6) is -0.262. The molecule has 0 unspecified atom stereocenters. The van der Waals surface area contributed by atoms with Crippen LogP contribution in [-0.4, -0.2) is 11.1 Å². The van der Waals surface area contributed by atoms with Crippen molar-refractivity contribution in [2.24, 2.45) is 5.92 Å². The maximum absolute atomic E-state index is 11.6. The first-order chi connectivity index (χ1) is 8.83. The molecule has 0 aromatic heterocycles. The van der Waals surface area contributed by atoms with Gasteiger partial charge in [0.1, 0.15) is 0 Å². The van der Waals surface area contributed by atoms with Gasteiger partial charge >= 0.3 is 5.97 Å². The van der Waals surface area contributed by atoms with E-state index in [1.165, 1.54) is 11.1 Å². The minimum atomic E-state index is -0.784. The van der Waals surface area contributed by atoms with E-state index in [4.69, 9.17) is 0 Å². The summed E-state index contributed by atoms with van der Waals surface area (Å²) >= 11 is 0. The molecular weight excluding hydrogens is 236 g/mol. The van der Waals surface area contributed by atoms with E-state index in [9.17, 15) is 9.90 Å². The van der Waals surface area contributed by atoms with Crippen molar-refractivity contribution in [3.63, 3.8) is 0 Å². The zero-order valence-corrected chi connectivity index (χ0v) is 12.2. The second-order valence-electron chi connectivity index (χ2n) is 6.18. The van der Waals surface area contributed by atoms with Crippen molar-refractivity contribution in [3.8, 4) is 0 Å². The Bertz CT molecular complexity index is 522. The van der Waals surface area contributed by atoms with E-state index >= 15 is 0 Å². The molecule has 0 heterocycles. The lowest BCUT2D eigenvalue weighted by atomic mass is 9.66. The number of carboxylic acids is 1. The number of carboxylic acid groups (broad SMARTS) is 1. The largest absolute Gasteiger partial charge is 0.478 e. The van der Waals surface area contributed by atoms with Gasteiger partial charge in [-0.05, 0) is 38.2 Å². The molecule has 0 aliphatic heterocycles. The molecule has 2 rings (SSSR count). The molecule has 0 bridgehead atoms. The van der Waals surface area contributed by atoms with Crippen LogP contribution in [0, 0.1) is 19.8 Å². The predicted molar refractivity (Wildman–Crippen MR) is 77.4 cm³/mol. The zero-order chi connectivity index (χ0) is 14.2. The third-order valence-corrected chi connectivity index (χ3v) is 4.16. The Hall–Kier alpha value is -1.57. The van der Waals surface area contributed by atoms with Crippen molar-refractivity contribution in [2.45, 2.75) is 46.0 Å². The monoisotopic (exact) mass is 258 g/mol. The Morgan fingerprint density at radius 1 is 1.26 bits per heavy atom.